The molecule has 2 aromatic heterocycles. The zero-order valence-corrected chi connectivity index (χ0v) is 17.9. The Bertz CT molecular complexity index is 1220. The van der Waals surface area contributed by atoms with Gasteiger partial charge in [0.15, 0.2) is 0 Å². The Morgan fingerprint density at radius 2 is 2.28 bits per heavy atom. The highest BCUT2D eigenvalue weighted by atomic mass is 35.5. The first-order valence-corrected chi connectivity index (χ1v) is 10.3. The second kappa shape index (κ2) is 8.80. The van der Waals surface area contributed by atoms with E-state index in [9.17, 15) is 14.0 Å². The van der Waals surface area contributed by atoms with Gasteiger partial charge < -0.3 is 9.88 Å². The minimum atomic E-state index is -0.703. The van der Waals surface area contributed by atoms with Gasteiger partial charge in [-0.15, -0.1) is 0 Å². The van der Waals surface area contributed by atoms with Crippen LogP contribution in [0.2, 0.25) is 5.02 Å². The normalized spacial score (nSPS) is 13.8. The molecule has 1 atom stereocenters. The lowest BCUT2D eigenvalue weighted by molar-refractivity contribution is -0.121. The van der Waals surface area contributed by atoms with E-state index < -0.39 is 5.82 Å². The van der Waals surface area contributed by atoms with Gasteiger partial charge in [0.05, 0.1) is 29.4 Å². The molecule has 9 nitrogen and oxygen atoms in total. The lowest BCUT2D eigenvalue weighted by Crippen LogP contribution is -2.36. The first kappa shape index (κ1) is 21.5. The molecular formula is C21H19ClFN7O2. The summed E-state index contributed by atoms with van der Waals surface area (Å²) in [5.74, 6) is -0.531. The number of aromatic nitrogens is 4. The Labute approximate surface area is 187 Å². The monoisotopic (exact) mass is 455 g/mol. The van der Waals surface area contributed by atoms with Crippen molar-refractivity contribution in [2.75, 3.05) is 5.32 Å². The number of fused-ring (bicyclic) bond motifs is 1. The van der Waals surface area contributed by atoms with Crippen LogP contribution >= 0.6 is 11.6 Å². The summed E-state index contributed by atoms with van der Waals surface area (Å²) in [6.07, 6.45) is 3.96. The summed E-state index contributed by atoms with van der Waals surface area (Å²) in [5.41, 5.74) is 1.33. The number of carbonyl (C=O) groups is 2. The largest absolute Gasteiger partial charge is 0.351 e. The third-order valence-electron chi connectivity index (χ3n) is 4.96. The van der Waals surface area contributed by atoms with Crippen molar-refractivity contribution in [1.29, 1.82) is 5.26 Å². The fraction of sp³-hybridized carbons (Fsp3) is 0.286. The summed E-state index contributed by atoms with van der Waals surface area (Å²) in [4.78, 5) is 28.1. The van der Waals surface area contributed by atoms with Crippen LogP contribution in [0.5, 0.6) is 0 Å². The van der Waals surface area contributed by atoms with Crippen molar-refractivity contribution in [1.82, 2.24) is 24.6 Å². The van der Waals surface area contributed by atoms with Crippen molar-refractivity contribution in [3.05, 3.63) is 52.7 Å². The van der Waals surface area contributed by atoms with Gasteiger partial charge in [-0.3, -0.25) is 19.6 Å². The van der Waals surface area contributed by atoms with Crippen LogP contribution in [0.1, 0.15) is 24.6 Å². The third kappa shape index (κ3) is 4.63. The van der Waals surface area contributed by atoms with E-state index in [-0.39, 0.29) is 34.9 Å². The second-order valence-electron chi connectivity index (χ2n) is 7.54. The first-order chi connectivity index (χ1) is 15.3. The van der Waals surface area contributed by atoms with Crippen LogP contribution in [0.25, 0.3) is 11.3 Å². The number of halogens is 2. The number of aryl methyl sites for hydroxylation is 1. The molecule has 11 heteroatoms. The molecule has 1 aliphatic heterocycles. The summed E-state index contributed by atoms with van der Waals surface area (Å²) >= 11 is 5.97. The molecule has 0 spiro atoms. The molecule has 1 aromatic carbocycles. The Hall–Kier alpha value is -3.71. The minimum absolute atomic E-state index is 0.0261. The maximum absolute atomic E-state index is 14.0. The number of amides is 2. The molecule has 3 aromatic rings. The summed E-state index contributed by atoms with van der Waals surface area (Å²) in [7, 11) is 0. The number of rotatable bonds is 6. The van der Waals surface area contributed by atoms with Gasteiger partial charge in [-0.25, -0.2) is 9.37 Å². The summed E-state index contributed by atoms with van der Waals surface area (Å²) in [6.45, 7) is 2.78. The lowest BCUT2D eigenvalue weighted by Gasteiger charge is -2.13. The Morgan fingerprint density at radius 3 is 3.03 bits per heavy atom. The average molecular weight is 456 g/mol. The number of nitrogens with zero attached hydrogens (tertiary/aromatic N) is 5. The molecule has 0 bridgehead atoms. The van der Waals surface area contributed by atoms with Gasteiger partial charge in [-0.2, -0.15) is 10.4 Å². The number of hydrogen-bond acceptors (Lipinski definition) is 5. The van der Waals surface area contributed by atoms with Crippen molar-refractivity contribution in [3.63, 3.8) is 0 Å². The van der Waals surface area contributed by atoms with E-state index >= 15 is 0 Å². The van der Waals surface area contributed by atoms with E-state index in [1.165, 1.54) is 12.1 Å². The highest BCUT2D eigenvalue weighted by molar-refractivity contribution is 6.32. The summed E-state index contributed by atoms with van der Waals surface area (Å²) in [6, 6.07) is 5.92. The van der Waals surface area contributed by atoms with Crippen LogP contribution in [0.4, 0.5) is 10.3 Å². The zero-order valence-electron chi connectivity index (χ0n) is 17.1. The fourth-order valence-corrected chi connectivity index (χ4v) is 3.75. The van der Waals surface area contributed by atoms with Gasteiger partial charge in [0.25, 0.3) is 0 Å². The van der Waals surface area contributed by atoms with Gasteiger partial charge in [-0.05, 0) is 25.1 Å². The van der Waals surface area contributed by atoms with Crippen LogP contribution in [-0.4, -0.2) is 37.2 Å². The fourth-order valence-electron chi connectivity index (χ4n) is 3.50. The Morgan fingerprint density at radius 1 is 1.47 bits per heavy atom. The number of carbonyl (C=O) groups excluding carboxylic acids is 2. The molecule has 0 saturated carbocycles. The van der Waals surface area contributed by atoms with E-state index in [4.69, 9.17) is 16.9 Å². The number of nitriles is 1. The molecule has 2 amide bonds. The van der Waals surface area contributed by atoms with Crippen molar-refractivity contribution >= 4 is 29.4 Å². The van der Waals surface area contributed by atoms with Gasteiger partial charge >= 0.3 is 0 Å². The minimum Gasteiger partial charge on any atom is -0.351 e. The van der Waals surface area contributed by atoms with Crippen LogP contribution in [0, 0.1) is 17.1 Å². The third-order valence-corrected chi connectivity index (χ3v) is 5.26. The molecule has 0 radical (unpaired) electrons. The number of hydrogen-bond donors (Lipinski definition) is 2. The highest BCUT2D eigenvalue weighted by Gasteiger charge is 2.19. The molecule has 164 valence electrons. The second-order valence-corrected chi connectivity index (χ2v) is 7.95. The quantitative estimate of drug-likeness (QED) is 0.592. The summed E-state index contributed by atoms with van der Waals surface area (Å²) in [5, 5.41) is 18.9. The van der Waals surface area contributed by atoms with Crippen LogP contribution in [0.3, 0.4) is 0 Å². The molecule has 3 heterocycles. The zero-order chi connectivity index (χ0) is 22.8. The Balaban J connectivity index is 1.35. The van der Waals surface area contributed by atoms with Crippen LogP contribution in [0.15, 0.2) is 30.6 Å². The van der Waals surface area contributed by atoms with Gasteiger partial charge in [-0.1, -0.05) is 11.6 Å². The maximum Gasteiger partial charge on any atom is 0.228 e. The topological polar surface area (TPSA) is 118 Å². The van der Waals surface area contributed by atoms with Gasteiger partial charge in [0, 0.05) is 37.0 Å². The first-order valence-electron chi connectivity index (χ1n) is 9.90. The summed E-state index contributed by atoms with van der Waals surface area (Å²) < 4.78 is 17.5. The van der Waals surface area contributed by atoms with Gasteiger partial charge in [0.1, 0.15) is 17.4 Å². The van der Waals surface area contributed by atoms with Crippen molar-refractivity contribution in [3.8, 4) is 17.3 Å². The standard InChI is InChI=1S/C21H19ClFN7O2/c1-12(25-20(32)8-14-11-29-4-3-19(31)27-21(29)26-14)10-30-5-2-18(28-30)13-6-16(22)15(9-24)17(23)7-13/h2,5-7,11-12H,3-4,8,10H2,1H3,(H,25,32)(H,26,27,31)/t12-/m0/s1. The predicted molar refractivity (Wildman–Crippen MR) is 114 cm³/mol. The van der Waals surface area contributed by atoms with E-state index in [0.29, 0.717) is 42.4 Å². The molecule has 0 saturated heterocycles. The van der Waals surface area contributed by atoms with E-state index in [2.05, 4.69) is 20.7 Å². The van der Waals surface area contributed by atoms with E-state index in [0.717, 1.165) is 0 Å². The van der Waals surface area contributed by atoms with E-state index in [1.54, 1.807) is 29.2 Å². The number of benzene rings is 1. The number of imidazole rings is 1. The number of nitrogens with one attached hydrogen (secondary N) is 2. The average Bonchev–Trinajstić information content (AvgIpc) is 3.33. The smallest absolute Gasteiger partial charge is 0.228 e. The van der Waals surface area contributed by atoms with E-state index in [1.807, 2.05) is 11.5 Å². The predicted octanol–water partition coefficient (Wildman–Crippen LogP) is 2.50. The lowest BCUT2D eigenvalue weighted by atomic mass is 10.1. The SMILES string of the molecule is C[C@@H](Cn1ccc(-c2cc(F)c(C#N)c(Cl)c2)n1)NC(=O)Cc1cn2c(n1)NC(=O)CC2. The van der Waals surface area contributed by atoms with Crippen molar-refractivity contribution < 1.29 is 14.0 Å². The molecule has 1 aliphatic rings. The highest BCUT2D eigenvalue weighted by Crippen LogP contribution is 2.26. The molecule has 2 N–H and O–H groups in total. The Kier molecular flexibility index (Phi) is 5.92. The van der Waals surface area contributed by atoms with Gasteiger partial charge in [0.2, 0.25) is 17.8 Å². The molecule has 0 aliphatic carbocycles. The molecule has 0 fully saturated rings. The van der Waals surface area contributed by atoms with Crippen molar-refractivity contribution in [2.24, 2.45) is 0 Å². The van der Waals surface area contributed by atoms with Crippen molar-refractivity contribution in [2.45, 2.75) is 38.9 Å². The van der Waals surface area contributed by atoms with Crippen LogP contribution < -0.4 is 10.6 Å². The maximum atomic E-state index is 14.0. The molecular weight excluding hydrogens is 437 g/mol. The molecule has 4 rings (SSSR count). The number of anilines is 1. The van der Waals surface area contributed by atoms with Crippen LogP contribution in [-0.2, 0) is 29.1 Å². The molecule has 32 heavy (non-hydrogen) atoms. The molecule has 0 unspecified atom stereocenters.